The number of hydrogen-bond donors (Lipinski definition) is 2. The van der Waals surface area contributed by atoms with Crippen LogP contribution in [0, 0.1) is 0 Å². The molecule has 1 saturated heterocycles. The van der Waals surface area contributed by atoms with Gasteiger partial charge < -0.3 is 15.7 Å². The Morgan fingerprint density at radius 3 is 2.14 bits per heavy atom. The molecular formula is C8H15N3O3. The quantitative estimate of drug-likeness (QED) is 0.609. The molecule has 1 heterocycles. The van der Waals surface area contributed by atoms with Gasteiger partial charge in [0.1, 0.15) is 6.04 Å². The predicted molar refractivity (Wildman–Crippen MR) is 49.8 cm³/mol. The standard InChI is InChI=1S/C8H15N3O3/c1-6(7(12)13)10-2-4-11(5-3-10)8(9)14/h6H,2-5H2,1H3,(H2,9,14)(H,12,13). The molecule has 80 valence electrons. The molecule has 0 aromatic rings. The van der Waals surface area contributed by atoms with Crippen LogP contribution in [0.1, 0.15) is 6.92 Å². The molecule has 14 heavy (non-hydrogen) atoms. The number of rotatable bonds is 2. The third-order valence-electron chi connectivity index (χ3n) is 2.53. The second kappa shape index (κ2) is 4.28. The van der Waals surface area contributed by atoms with Crippen molar-refractivity contribution in [2.24, 2.45) is 5.73 Å². The zero-order valence-corrected chi connectivity index (χ0v) is 8.14. The Morgan fingerprint density at radius 2 is 1.79 bits per heavy atom. The number of piperazine rings is 1. The normalized spacial score (nSPS) is 20.5. The summed E-state index contributed by atoms with van der Waals surface area (Å²) in [5.41, 5.74) is 5.10. The average molecular weight is 201 g/mol. The Morgan fingerprint density at radius 1 is 1.29 bits per heavy atom. The fourth-order valence-electron chi connectivity index (χ4n) is 1.49. The molecule has 0 aromatic carbocycles. The van der Waals surface area contributed by atoms with E-state index in [0.29, 0.717) is 26.2 Å². The Hall–Kier alpha value is -1.30. The van der Waals surface area contributed by atoms with Crippen molar-refractivity contribution in [3.05, 3.63) is 0 Å². The molecule has 0 aliphatic carbocycles. The molecule has 1 fully saturated rings. The zero-order valence-electron chi connectivity index (χ0n) is 8.14. The highest BCUT2D eigenvalue weighted by Gasteiger charge is 2.25. The third-order valence-corrected chi connectivity index (χ3v) is 2.53. The van der Waals surface area contributed by atoms with Crippen LogP contribution in [-0.2, 0) is 4.79 Å². The third kappa shape index (κ3) is 2.35. The Kier molecular flexibility index (Phi) is 3.29. The molecule has 1 rings (SSSR count). The topological polar surface area (TPSA) is 86.9 Å². The minimum Gasteiger partial charge on any atom is -0.480 e. The first-order valence-corrected chi connectivity index (χ1v) is 4.53. The molecule has 0 spiro atoms. The van der Waals surface area contributed by atoms with Crippen LogP contribution < -0.4 is 5.73 Å². The lowest BCUT2D eigenvalue weighted by Gasteiger charge is -2.35. The van der Waals surface area contributed by atoms with Crippen molar-refractivity contribution < 1.29 is 14.7 Å². The van der Waals surface area contributed by atoms with E-state index in [0.717, 1.165) is 0 Å². The van der Waals surface area contributed by atoms with E-state index in [1.54, 1.807) is 6.92 Å². The van der Waals surface area contributed by atoms with Gasteiger partial charge in [-0.25, -0.2) is 4.79 Å². The molecule has 6 heteroatoms. The molecule has 6 nitrogen and oxygen atoms in total. The van der Waals surface area contributed by atoms with Crippen molar-refractivity contribution in [3.8, 4) is 0 Å². The lowest BCUT2D eigenvalue weighted by Crippen LogP contribution is -2.54. The average Bonchev–Trinajstić information content (AvgIpc) is 2.16. The Balaban J connectivity index is 2.43. The van der Waals surface area contributed by atoms with Crippen LogP contribution in [0.5, 0.6) is 0 Å². The molecule has 1 unspecified atom stereocenters. The Labute approximate surface area is 82.3 Å². The summed E-state index contributed by atoms with van der Waals surface area (Å²) in [6, 6.07) is -0.933. The summed E-state index contributed by atoms with van der Waals surface area (Å²) in [7, 11) is 0. The summed E-state index contributed by atoms with van der Waals surface area (Å²) < 4.78 is 0. The van der Waals surface area contributed by atoms with Gasteiger partial charge in [0, 0.05) is 26.2 Å². The molecule has 0 bridgehead atoms. The first kappa shape index (κ1) is 10.8. The van der Waals surface area contributed by atoms with Crippen molar-refractivity contribution >= 4 is 12.0 Å². The van der Waals surface area contributed by atoms with Crippen molar-refractivity contribution in [3.63, 3.8) is 0 Å². The number of carbonyl (C=O) groups is 2. The molecule has 0 aromatic heterocycles. The zero-order chi connectivity index (χ0) is 10.7. The van der Waals surface area contributed by atoms with Gasteiger partial charge in [0.05, 0.1) is 0 Å². The number of carboxylic acids is 1. The van der Waals surface area contributed by atoms with Crippen LogP contribution in [0.3, 0.4) is 0 Å². The van der Waals surface area contributed by atoms with E-state index >= 15 is 0 Å². The van der Waals surface area contributed by atoms with Gasteiger partial charge in [-0.15, -0.1) is 0 Å². The first-order chi connectivity index (χ1) is 6.52. The van der Waals surface area contributed by atoms with Crippen molar-refractivity contribution in [2.45, 2.75) is 13.0 Å². The number of urea groups is 1. The molecule has 2 amide bonds. The summed E-state index contributed by atoms with van der Waals surface area (Å²) >= 11 is 0. The van der Waals surface area contributed by atoms with Crippen molar-refractivity contribution in [1.29, 1.82) is 0 Å². The van der Waals surface area contributed by atoms with Gasteiger partial charge in [0.2, 0.25) is 0 Å². The summed E-state index contributed by atoms with van der Waals surface area (Å²) in [6.07, 6.45) is 0. The second-order valence-electron chi connectivity index (χ2n) is 3.38. The van der Waals surface area contributed by atoms with E-state index in [4.69, 9.17) is 10.8 Å². The molecular weight excluding hydrogens is 186 g/mol. The van der Waals surface area contributed by atoms with E-state index in [-0.39, 0.29) is 0 Å². The molecule has 3 N–H and O–H groups in total. The summed E-state index contributed by atoms with van der Waals surface area (Å²) in [5, 5.41) is 8.76. The summed E-state index contributed by atoms with van der Waals surface area (Å²) in [5.74, 6) is -0.836. The van der Waals surface area contributed by atoms with Gasteiger partial charge in [-0.2, -0.15) is 0 Å². The van der Waals surface area contributed by atoms with Gasteiger partial charge in [-0.1, -0.05) is 0 Å². The largest absolute Gasteiger partial charge is 0.480 e. The Bertz CT molecular complexity index is 236. The van der Waals surface area contributed by atoms with Crippen LogP contribution in [0.15, 0.2) is 0 Å². The SMILES string of the molecule is CC(C(=O)O)N1CCN(C(N)=O)CC1. The first-order valence-electron chi connectivity index (χ1n) is 4.53. The summed E-state index contributed by atoms with van der Waals surface area (Å²) in [6.45, 7) is 3.79. The molecule has 1 aliphatic heterocycles. The molecule has 1 aliphatic rings. The molecule has 0 saturated carbocycles. The fourth-order valence-corrected chi connectivity index (χ4v) is 1.49. The number of hydrogen-bond acceptors (Lipinski definition) is 3. The number of carbonyl (C=O) groups excluding carboxylic acids is 1. The van der Waals surface area contributed by atoms with Gasteiger partial charge in [0.25, 0.3) is 0 Å². The lowest BCUT2D eigenvalue weighted by atomic mass is 10.2. The van der Waals surface area contributed by atoms with Crippen LogP contribution >= 0.6 is 0 Å². The smallest absolute Gasteiger partial charge is 0.320 e. The minimum absolute atomic E-state index is 0.437. The number of primary amides is 1. The van der Waals surface area contributed by atoms with Crippen molar-refractivity contribution in [2.75, 3.05) is 26.2 Å². The highest BCUT2D eigenvalue weighted by molar-refractivity contribution is 5.73. The highest BCUT2D eigenvalue weighted by atomic mass is 16.4. The summed E-state index contributed by atoms with van der Waals surface area (Å²) in [4.78, 5) is 24.8. The van der Waals surface area contributed by atoms with Crippen LogP contribution in [-0.4, -0.2) is 59.1 Å². The van der Waals surface area contributed by atoms with E-state index in [9.17, 15) is 9.59 Å². The number of amides is 2. The predicted octanol–water partition coefficient (Wildman–Crippen LogP) is -0.844. The van der Waals surface area contributed by atoms with Gasteiger partial charge >= 0.3 is 12.0 Å². The van der Waals surface area contributed by atoms with Crippen LogP contribution in [0.25, 0.3) is 0 Å². The van der Waals surface area contributed by atoms with Gasteiger partial charge in [-0.05, 0) is 6.92 Å². The monoisotopic (exact) mass is 201 g/mol. The molecule has 1 atom stereocenters. The van der Waals surface area contributed by atoms with Crippen LogP contribution in [0.4, 0.5) is 4.79 Å². The van der Waals surface area contributed by atoms with E-state index in [1.807, 2.05) is 4.90 Å². The minimum atomic E-state index is -0.836. The lowest BCUT2D eigenvalue weighted by molar-refractivity contribution is -0.143. The number of nitrogens with zero attached hydrogens (tertiary/aromatic N) is 2. The van der Waals surface area contributed by atoms with Crippen LogP contribution in [0.2, 0.25) is 0 Å². The van der Waals surface area contributed by atoms with E-state index in [1.165, 1.54) is 4.90 Å². The van der Waals surface area contributed by atoms with Gasteiger partial charge in [0.15, 0.2) is 0 Å². The van der Waals surface area contributed by atoms with Crippen molar-refractivity contribution in [1.82, 2.24) is 9.80 Å². The maximum Gasteiger partial charge on any atom is 0.320 e. The maximum absolute atomic E-state index is 10.8. The number of nitrogens with two attached hydrogens (primary N) is 1. The number of carboxylic acid groups (broad SMARTS) is 1. The van der Waals surface area contributed by atoms with Gasteiger partial charge in [-0.3, -0.25) is 9.69 Å². The highest BCUT2D eigenvalue weighted by Crippen LogP contribution is 2.05. The fraction of sp³-hybridized carbons (Fsp3) is 0.750. The van der Waals surface area contributed by atoms with E-state index in [2.05, 4.69) is 0 Å². The second-order valence-corrected chi connectivity index (χ2v) is 3.38. The maximum atomic E-state index is 10.8. The molecule has 0 radical (unpaired) electrons. The number of aliphatic carboxylic acids is 1. The van der Waals surface area contributed by atoms with E-state index < -0.39 is 18.0 Å².